The summed E-state index contributed by atoms with van der Waals surface area (Å²) in [6.45, 7) is 0.261. The van der Waals surface area contributed by atoms with Gasteiger partial charge in [-0.3, -0.25) is 9.69 Å². The number of carboxylic acids is 1. The Balaban J connectivity index is 2.12. The van der Waals surface area contributed by atoms with Crippen LogP contribution < -0.4 is 0 Å². The van der Waals surface area contributed by atoms with E-state index in [1.54, 1.807) is 4.90 Å². The largest absolute Gasteiger partial charge is 0.480 e. The van der Waals surface area contributed by atoms with E-state index < -0.39 is 28.0 Å². The number of carbonyl (C=O) groups is 1. The van der Waals surface area contributed by atoms with Crippen molar-refractivity contribution in [2.24, 2.45) is 0 Å². The number of carboxylic acid groups (broad SMARTS) is 1. The summed E-state index contributed by atoms with van der Waals surface area (Å²) in [6.07, 6.45) is -0.00513. The minimum atomic E-state index is -3.02. The molecule has 92 valence electrons. The lowest BCUT2D eigenvalue weighted by atomic mass is 10.1. The second kappa shape index (κ2) is 3.97. The molecule has 0 aliphatic carbocycles. The van der Waals surface area contributed by atoms with Crippen LogP contribution in [-0.2, 0) is 14.6 Å². The van der Waals surface area contributed by atoms with Crippen LogP contribution in [-0.4, -0.2) is 65.7 Å². The summed E-state index contributed by atoms with van der Waals surface area (Å²) in [5.41, 5.74) is 0. The van der Waals surface area contributed by atoms with E-state index in [1.807, 2.05) is 0 Å². The van der Waals surface area contributed by atoms with Crippen LogP contribution in [0.25, 0.3) is 0 Å². The van der Waals surface area contributed by atoms with E-state index in [2.05, 4.69) is 0 Å². The Morgan fingerprint density at radius 2 is 2.06 bits per heavy atom. The normalized spacial score (nSPS) is 38.9. The van der Waals surface area contributed by atoms with Crippen LogP contribution in [0.5, 0.6) is 0 Å². The van der Waals surface area contributed by atoms with E-state index in [1.165, 1.54) is 0 Å². The minimum absolute atomic E-state index is 0.0174. The summed E-state index contributed by atoms with van der Waals surface area (Å²) >= 11 is 0. The van der Waals surface area contributed by atoms with Crippen molar-refractivity contribution in [3.63, 3.8) is 0 Å². The first kappa shape index (κ1) is 11.8. The van der Waals surface area contributed by atoms with Gasteiger partial charge in [0.25, 0.3) is 0 Å². The second-order valence-electron chi connectivity index (χ2n) is 4.50. The number of aliphatic carboxylic acids is 1. The SMILES string of the molecule is O=C(O)C1CC(O)CN1C1CCS(=O)(=O)C1. The predicted molar refractivity (Wildman–Crippen MR) is 55.8 cm³/mol. The monoisotopic (exact) mass is 249 g/mol. The second-order valence-corrected chi connectivity index (χ2v) is 6.73. The molecule has 0 spiro atoms. The number of rotatable bonds is 2. The van der Waals surface area contributed by atoms with Gasteiger partial charge in [-0.1, -0.05) is 0 Å². The zero-order chi connectivity index (χ0) is 11.9. The maximum atomic E-state index is 11.3. The Morgan fingerprint density at radius 3 is 2.56 bits per heavy atom. The number of aliphatic hydroxyl groups is 1. The Bertz CT molecular complexity index is 393. The molecule has 2 fully saturated rings. The van der Waals surface area contributed by atoms with Gasteiger partial charge in [-0.25, -0.2) is 8.42 Å². The molecule has 0 amide bonds. The first-order chi connectivity index (χ1) is 7.39. The van der Waals surface area contributed by atoms with Crippen molar-refractivity contribution in [1.82, 2.24) is 4.90 Å². The zero-order valence-corrected chi connectivity index (χ0v) is 9.56. The summed E-state index contributed by atoms with van der Waals surface area (Å²) in [7, 11) is -3.02. The lowest BCUT2D eigenvalue weighted by Gasteiger charge is -2.26. The van der Waals surface area contributed by atoms with E-state index in [0.717, 1.165) is 0 Å². The first-order valence-corrected chi connectivity index (χ1v) is 7.08. The smallest absolute Gasteiger partial charge is 0.321 e. The first-order valence-electron chi connectivity index (χ1n) is 5.26. The molecule has 7 heteroatoms. The lowest BCUT2D eigenvalue weighted by Crippen LogP contribution is -2.44. The molecule has 6 nitrogen and oxygen atoms in total. The molecule has 0 aromatic carbocycles. The summed E-state index contributed by atoms with van der Waals surface area (Å²) in [5, 5.41) is 18.4. The van der Waals surface area contributed by atoms with Crippen molar-refractivity contribution < 1.29 is 23.4 Å². The quantitative estimate of drug-likeness (QED) is 0.631. The highest BCUT2D eigenvalue weighted by molar-refractivity contribution is 7.91. The van der Waals surface area contributed by atoms with Crippen LogP contribution in [0, 0.1) is 0 Å². The molecule has 0 saturated carbocycles. The van der Waals surface area contributed by atoms with Crippen molar-refractivity contribution in [2.45, 2.75) is 31.0 Å². The Hall–Kier alpha value is -0.660. The van der Waals surface area contributed by atoms with Gasteiger partial charge in [0.15, 0.2) is 9.84 Å². The number of nitrogens with zero attached hydrogens (tertiary/aromatic N) is 1. The highest BCUT2D eigenvalue weighted by Gasteiger charge is 2.43. The summed E-state index contributed by atoms with van der Waals surface area (Å²) < 4.78 is 22.6. The van der Waals surface area contributed by atoms with Crippen LogP contribution in [0.1, 0.15) is 12.8 Å². The summed E-state index contributed by atoms with van der Waals surface area (Å²) in [6, 6.07) is -0.989. The van der Waals surface area contributed by atoms with Gasteiger partial charge in [-0.05, 0) is 6.42 Å². The third kappa shape index (κ3) is 2.21. The molecule has 2 rings (SSSR count). The molecule has 3 unspecified atom stereocenters. The maximum absolute atomic E-state index is 11.3. The molecule has 2 aliphatic rings. The molecule has 0 aromatic rings. The number of hydrogen-bond donors (Lipinski definition) is 2. The Kier molecular flexibility index (Phi) is 2.93. The number of aliphatic hydroxyl groups excluding tert-OH is 1. The fraction of sp³-hybridized carbons (Fsp3) is 0.889. The van der Waals surface area contributed by atoms with E-state index in [9.17, 15) is 18.3 Å². The third-order valence-corrected chi connectivity index (χ3v) is 5.03. The van der Waals surface area contributed by atoms with E-state index in [4.69, 9.17) is 5.11 Å². The van der Waals surface area contributed by atoms with Gasteiger partial charge in [0.2, 0.25) is 0 Å². The Labute approximate surface area is 93.8 Å². The van der Waals surface area contributed by atoms with Crippen molar-refractivity contribution in [3.05, 3.63) is 0 Å². The Morgan fingerprint density at radius 1 is 1.38 bits per heavy atom. The van der Waals surface area contributed by atoms with Crippen LogP contribution in [0.15, 0.2) is 0 Å². The zero-order valence-electron chi connectivity index (χ0n) is 8.74. The molecule has 0 aromatic heterocycles. The van der Waals surface area contributed by atoms with Gasteiger partial charge < -0.3 is 10.2 Å². The minimum Gasteiger partial charge on any atom is -0.480 e. The predicted octanol–water partition coefficient (Wildman–Crippen LogP) is -1.31. The van der Waals surface area contributed by atoms with Crippen molar-refractivity contribution >= 4 is 15.8 Å². The van der Waals surface area contributed by atoms with Crippen LogP contribution in [0.2, 0.25) is 0 Å². The fourth-order valence-corrected chi connectivity index (χ4v) is 4.26. The molecule has 2 aliphatic heterocycles. The van der Waals surface area contributed by atoms with Gasteiger partial charge in [0, 0.05) is 19.0 Å². The van der Waals surface area contributed by atoms with Crippen molar-refractivity contribution in [3.8, 4) is 0 Å². The van der Waals surface area contributed by atoms with Gasteiger partial charge in [-0.15, -0.1) is 0 Å². The van der Waals surface area contributed by atoms with Crippen LogP contribution in [0.4, 0.5) is 0 Å². The average Bonchev–Trinajstić information content (AvgIpc) is 2.68. The van der Waals surface area contributed by atoms with E-state index in [0.29, 0.717) is 6.42 Å². The summed E-state index contributed by atoms with van der Waals surface area (Å²) in [4.78, 5) is 12.6. The van der Waals surface area contributed by atoms with Gasteiger partial charge in [0.05, 0.1) is 17.6 Å². The summed E-state index contributed by atoms with van der Waals surface area (Å²) in [5.74, 6) is -0.846. The molecule has 16 heavy (non-hydrogen) atoms. The third-order valence-electron chi connectivity index (χ3n) is 3.28. The molecule has 2 saturated heterocycles. The van der Waals surface area contributed by atoms with Gasteiger partial charge >= 0.3 is 5.97 Å². The molecular formula is C9H15NO5S. The molecule has 0 radical (unpaired) electrons. The molecule has 2 N–H and O–H groups in total. The van der Waals surface area contributed by atoms with E-state index in [-0.39, 0.29) is 30.5 Å². The highest BCUT2D eigenvalue weighted by atomic mass is 32.2. The molecular weight excluding hydrogens is 234 g/mol. The van der Waals surface area contributed by atoms with Gasteiger partial charge in [-0.2, -0.15) is 0 Å². The molecule has 2 heterocycles. The fourth-order valence-electron chi connectivity index (χ4n) is 2.52. The molecule has 0 bridgehead atoms. The number of hydrogen-bond acceptors (Lipinski definition) is 5. The standard InChI is InChI=1S/C9H15NO5S/c11-7-3-8(9(12)13)10(4-7)6-1-2-16(14,15)5-6/h6-8,11H,1-5H2,(H,12,13). The highest BCUT2D eigenvalue weighted by Crippen LogP contribution is 2.26. The number of likely N-dealkylation sites (tertiary alicyclic amines) is 1. The van der Waals surface area contributed by atoms with Crippen molar-refractivity contribution in [1.29, 1.82) is 0 Å². The number of β-amino-alcohol motifs (C(OH)–C–C–N with tert-alkyl or cyclic N) is 1. The maximum Gasteiger partial charge on any atom is 0.321 e. The average molecular weight is 249 g/mol. The van der Waals surface area contributed by atoms with Crippen molar-refractivity contribution in [2.75, 3.05) is 18.1 Å². The number of sulfone groups is 1. The van der Waals surface area contributed by atoms with E-state index >= 15 is 0 Å². The lowest BCUT2D eigenvalue weighted by molar-refractivity contribution is -0.142. The molecule has 3 atom stereocenters. The van der Waals surface area contributed by atoms with Crippen LogP contribution in [0.3, 0.4) is 0 Å². The topological polar surface area (TPSA) is 94.9 Å². The van der Waals surface area contributed by atoms with Crippen LogP contribution >= 0.6 is 0 Å². The van der Waals surface area contributed by atoms with Gasteiger partial charge in [0.1, 0.15) is 6.04 Å².